The van der Waals surface area contributed by atoms with Crippen molar-refractivity contribution in [3.63, 3.8) is 0 Å². The Kier molecular flexibility index (Phi) is 4.53. The Balaban J connectivity index is 1.64. The summed E-state index contributed by atoms with van der Waals surface area (Å²) < 4.78 is 52.6. The molecule has 0 saturated heterocycles. The molecule has 2 aromatic carbocycles. The van der Waals surface area contributed by atoms with Gasteiger partial charge < -0.3 is 15.6 Å². The third-order valence-electron chi connectivity index (χ3n) is 4.21. The molecule has 0 aliphatic heterocycles. The van der Waals surface area contributed by atoms with Crippen molar-refractivity contribution in [2.75, 3.05) is 17.7 Å². The third kappa shape index (κ3) is 3.82. The summed E-state index contributed by atoms with van der Waals surface area (Å²) in [6.45, 7) is 0. The molecular formula is C19H14F4N6. The first-order valence-corrected chi connectivity index (χ1v) is 8.47. The summed E-state index contributed by atoms with van der Waals surface area (Å²) >= 11 is 0. The van der Waals surface area contributed by atoms with Crippen LogP contribution >= 0.6 is 0 Å². The van der Waals surface area contributed by atoms with Crippen LogP contribution in [0.1, 0.15) is 5.56 Å². The lowest BCUT2D eigenvalue weighted by Crippen LogP contribution is -2.04. The molecule has 0 aliphatic carbocycles. The van der Waals surface area contributed by atoms with Crippen molar-refractivity contribution in [1.29, 1.82) is 0 Å². The highest BCUT2D eigenvalue weighted by Crippen LogP contribution is 2.31. The highest BCUT2D eigenvalue weighted by molar-refractivity contribution is 5.84. The van der Waals surface area contributed by atoms with Crippen LogP contribution < -0.4 is 10.6 Å². The van der Waals surface area contributed by atoms with Crippen molar-refractivity contribution >= 4 is 28.4 Å². The summed E-state index contributed by atoms with van der Waals surface area (Å²) in [5, 5.41) is 5.67. The van der Waals surface area contributed by atoms with E-state index < -0.39 is 17.6 Å². The molecule has 4 aromatic rings. The number of alkyl halides is 3. The van der Waals surface area contributed by atoms with Crippen LogP contribution in [0, 0.1) is 5.82 Å². The van der Waals surface area contributed by atoms with Gasteiger partial charge in [-0.2, -0.15) is 13.2 Å². The van der Waals surface area contributed by atoms with E-state index in [-0.39, 0.29) is 5.69 Å². The third-order valence-corrected chi connectivity index (χ3v) is 4.21. The van der Waals surface area contributed by atoms with E-state index in [0.29, 0.717) is 34.1 Å². The van der Waals surface area contributed by atoms with E-state index in [4.69, 9.17) is 0 Å². The van der Waals surface area contributed by atoms with Crippen molar-refractivity contribution in [3.05, 3.63) is 60.2 Å². The highest BCUT2D eigenvalue weighted by Gasteiger charge is 2.30. The van der Waals surface area contributed by atoms with Gasteiger partial charge in [-0.15, -0.1) is 0 Å². The molecule has 0 bridgehead atoms. The molecule has 0 fully saturated rings. The van der Waals surface area contributed by atoms with Gasteiger partial charge in [-0.3, -0.25) is 0 Å². The fourth-order valence-corrected chi connectivity index (χ4v) is 2.76. The first-order chi connectivity index (χ1) is 13.8. The summed E-state index contributed by atoms with van der Waals surface area (Å²) in [5.74, 6) is 0.241. The van der Waals surface area contributed by atoms with Crippen LogP contribution in [0.15, 0.2) is 48.8 Å². The number of hydrogen-bond donors (Lipinski definition) is 3. The first-order valence-electron chi connectivity index (χ1n) is 8.47. The predicted molar refractivity (Wildman–Crippen MR) is 101 cm³/mol. The second-order valence-electron chi connectivity index (χ2n) is 6.18. The average molecular weight is 402 g/mol. The molecule has 0 atom stereocenters. The molecular weight excluding hydrogens is 388 g/mol. The van der Waals surface area contributed by atoms with Crippen LogP contribution in [0.25, 0.3) is 22.4 Å². The molecule has 0 radical (unpaired) electrons. The van der Waals surface area contributed by atoms with Gasteiger partial charge in [0.05, 0.1) is 40.4 Å². The Morgan fingerprint density at radius 3 is 2.31 bits per heavy atom. The fraction of sp³-hybridized carbons (Fsp3) is 0.105. The Bertz CT molecular complexity index is 1150. The molecule has 0 amide bonds. The zero-order chi connectivity index (χ0) is 20.6. The Morgan fingerprint density at radius 1 is 1.00 bits per heavy atom. The Hall–Kier alpha value is -3.69. The molecule has 0 spiro atoms. The smallest absolute Gasteiger partial charge is 0.357 e. The number of aromatic nitrogens is 4. The van der Waals surface area contributed by atoms with E-state index in [0.717, 1.165) is 12.1 Å². The van der Waals surface area contributed by atoms with E-state index in [1.165, 1.54) is 36.7 Å². The summed E-state index contributed by atoms with van der Waals surface area (Å²) in [4.78, 5) is 15.4. The van der Waals surface area contributed by atoms with E-state index in [2.05, 4.69) is 30.6 Å². The maximum absolute atomic E-state index is 14.5. The van der Waals surface area contributed by atoms with Crippen molar-refractivity contribution in [2.24, 2.45) is 0 Å². The molecule has 148 valence electrons. The lowest BCUT2D eigenvalue weighted by atomic mass is 10.1. The maximum atomic E-state index is 14.5. The van der Waals surface area contributed by atoms with Gasteiger partial charge in [0.15, 0.2) is 0 Å². The van der Waals surface area contributed by atoms with Gasteiger partial charge in [0, 0.05) is 18.7 Å². The number of nitrogens with one attached hydrogen (secondary N) is 3. The molecule has 3 N–H and O–H groups in total. The molecule has 6 nitrogen and oxygen atoms in total. The Morgan fingerprint density at radius 2 is 1.69 bits per heavy atom. The number of hydrogen-bond acceptors (Lipinski definition) is 5. The van der Waals surface area contributed by atoms with Gasteiger partial charge in [-0.1, -0.05) is 12.1 Å². The number of rotatable bonds is 4. The minimum atomic E-state index is -4.41. The van der Waals surface area contributed by atoms with Crippen LogP contribution in [0.3, 0.4) is 0 Å². The van der Waals surface area contributed by atoms with Gasteiger partial charge >= 0.3 is 6.18 Å². The van der Waals surface area contributed by atoms with Crippen LogP contribution in [0.5, 0.6) is 0 Å². The lowest BCUT2D eigenvalue weighted by molar-refractivity contribution is -0.137. The SMILES string of the molecule is CNc1ncc(Nc2cc3nc(-c4ccc(C(F)(F)F)cc4)[nH]c3cc2F)cn1. The molecule has 2 aromatic heterocycles. The number of halogens is 4. The molecule has 0 saturated carbocycles. The zero-order valence-electron chi connectivity index (χ0n) is 15.0. The van der Waals surface area contributed by atoms with Crippen LogP contribution in [-0.2, 0) is 6.18 Å². The molecule has 0 unspecified atom stereocenters. The molecule has 10 heteroatoms. The minimum absolute atomic E-state index is 0.170. The molecule has 4 rings (SSSR count). The molecule has 0 aliphatic rings. The monoisotopic (exact) mass is 402 g/mol. The van der Waals surface area contributed by atoms with E-state index in [1.807, 2.05) is 0 Å². The summed E-state index contributed by atoms with van der Waals surface area (Å²) in [7, 11) is 1.68. The number of imidazole rings is 1. The normalized spacial score (nSPS) is 11.6. The number of nitrogens with zero attached hydrogens (tertiary/aromatic N) is 3. The number of anilines is 3. The van der Waals surface area contributed by atoms with Crippen LogP contribution in [0.2, 0.25) is 0 Å². The van der Waals surface area contributed by atoms with Gasteiger partial charge in [0.2, 0.25) is 5.95 Å². The van der Waals surface area contributed by atoms with Gasteiger partial charge in [-0.05, 0) is 18.2 Å². The number of benzene rings is 2. The van der Waals surface area contributed by atoms with Gasteiger partial charge in [0.25, 0.3) is 0 Å². The first kappa shape index (κ1) is 18.7. The second-order valence-corrected chi connectivity index (χ2v) is 6.18. The summed E-state index contributed by atoms with van der Waals surface area (Å²) in [6.07, 6.45) is -1.41. The minimum Gasteiger partial charge on any atom is -0.357 e. The second kappa shape index (κ2) is 7.04. The zero-order valence-corrected chi connectivity index (χ0v) is 15.0. The standard InChI is InChI=1S/C19H14F4N6/c1-24-18-25-8-12(9-26-18)27-14-7-16-15(6-13(14)20)28-17(29-16)10-2-4-11(5-3-10)19(21,22)23/h2-9,27H,1H3,(H,28,29)(H,24,25,26). The number of H-pyrrole nitrogens is 1. The predicted octanol–water partition coefficient (Wildman–Crippen LogP) is 4.96. The largest absolute Gasteiger partial charge is 0.416 e. The maximum Gasteiger partial charge on any atom is 0.416 e. The van der Waals surface area contributed by atoms with Crippen LogP contribution in [0.4, 0.5) is 34.9 Å². The van der Waals surface area contributed by atoms with Crippen molar-refractivity contribution in [2.45, 2.75) is 6.18 Å². The fourth-order valence-electron chi connectivity index (χ4n) is 2.76. The molecule has 29 heavy (non-hydrogen) atoms. The van der Waals surface area contributed by atoms with E-state index in [9.17, 15) is 17.6 Å². The van der Waals surface area contributed by atoms with Crippen molar-refractivity contribution in [3.8, 4) is 11.4 Å². The summed E-state index contributed by atoms with van der Waals surface area (Å²) in [6, 6.07) is 7.35. The topological polar surface area (TPSA) is 78.5 Å². The van der Waals surface area contributed by atoms with Crippen LogP contribution in [-0.4, -0.2) is 27.0 Å². The molecule has 2 heterocycles. The lowest BCUT2D eigenvalue weighted by Gasteiger charge is -2.07. The highest BCUT2D eigenvalue weighted by atomic mass is 19.4. The van der Waals surface area contributed by atoms with Crippen molar-refractivity contribution < 1.29 is 17.6 Å². The van der Waals surface area contributed by atoms with E-state index in [1.54, 1.807) is 7.05 Å². The van der Waals surface area contributed by atoms with Gasteiger partial charge in [-0.25, -0.2) is 19.3 Å². The Labute approximate surface area is 162 Å². The van der Waals surface area contributed by atoms with Gasteiger partial charge in [0.1, 0.15) is 11.6 Å². The summed E-state index contributed by atoms with van der Waals surface area (Å²) in [5.41, 5.74) is 1.24. The van der Waals surface area contributed by atoms with E-state index >= 15 is 0 Å². The number of aromatic amines is 1. The number of fused-ring (bicyclic) bond motifs is 1. The van der Waals surface area contributed by atoms with Crippen molar-refractivity contribution in [1.82, 2.24) is 19.9 Å². The quantitative estimate of drug-likeness (QED) is 0.421. The average Bonchev–Trinajstić information content (AvgIpc) is 3.11.